The number of nitrogens with one attached hydrogen (secondary N) is 1. The molecular weight excluding hydrogens is 478 g/mol. The third-order valence-corrected chi connectivity index (χ3v) is 6.69. The number of hydrogen-bond donors (Lipinski definition) is 1. The van der Waals surface area contributed by atoms with E-state index in [1.165, 1.54) is 17.4 Å². The van der Waals surface area contributed by atoms with Crippen molar-refractivity contribution in [2.24, 2.45) is 0 Å². The molecule has 1 N–H and O–H groups in total. The van der Waals surface area contributed by atoms with Gasteiger partial charge in [0.2, 0.25) is 12.7 Å². The van der Waals surface area contributed by atoms with Gasteiger partial charge in [0.1, 0.15) is 6.26 Å². The molecule has 4 aromatic rings. The third-order valence-electron chi connectivity index (χ3n) is 6.69. The highest BCUT2D eigenvalue weighted by Crippen LogP contribution is 2.33. The second kappa shape index (κ2) is 11.5. The van der Waals surface area contributed by atoms with Crippen LogP contribution in [-0.4, -0.2) is 22.6 Å². The first kappa shape index (κ1) is 25.5. The van der Waals surface area contributed by atoms with Crippen LogP contribution in [0.1, 0.15) is 71.4 Å². The first-order chi connectivity index (χ1) is 18.4. The fourth-order valence-electron chi connectivity index (χ4n) is 4.51. The minimum Gasteiger partial charge on any atom is -0.454 e. The maximum atomic E-state index is 12.8. The predicted octanol–water partition coefficient (Wildman–Crippen LogP) is 6.22. The fraction of sp³-hybridized carbons (Fsp3) is 0.290. The molecule has 7 heteroatoms. The quantitative estimate of drug-likeness (QED) is 0.272. The monoisotopic (exact) mass is 511 g/mol. The second-order valence-corrected chi connectivity index (χ2v) is 9.96. The van der Waals surface area contributed by atoms with Crippen molar-refractivity contribution in [3.05, 3.63) is 113 Å². The van der Waals surface area contributed by atoms with Crippen LogP contribution in [0.15, 0.2) is 83.5 Å². The van der Waals surface area contributed by atoms with Gasteiger partial charge in [-0.2, -0.15) is 0 Å². The molecule has 0 aliphatic carbocycles. The highest BCUT2D eigenvalue weighted by molar-refractivity contribution is 5.92. The van der Waals surface area contributed by atoms with Gasteiger partial charge in [0, 0.05) is 13.1 Å². The lowest BCUT2D eigenvalue weighted by molar-refractivity contribution is 0.0934. The average Bonchev–Trinajstić information content (AvgIpc) is 3.59. The van der Waals surface area contributed by atoms with Crippen molar-refractivity contribution in [2.45, 2.75) is 52.4 Å². The number of carbonyl (C=O) groups excluding carboxylic acids is 1. The Bertz CT molecular complexity index is 1370. The van der Waals surface area contributed by atoms with E-state index in [0.717, 1.165) is 22.6 Å². The summed E-state index contributed by atoms with van der Waals surface area (Å²) in [4.78, 5) is 19.6. The zero-order valence-corrected chi connectivity index (χ0v) is 22.0. The van der Waals surface area contributed by atoms with Gasteiger partial charge in [-0.1, -0.05) is 74.5 Å². The van der Waals surface area contributed by atoms with E-state index in [9.17, 15) is 4.79 Å². The molecule has 1 aromatic heterocycles. The maximum Gasteiger partial charge on any atom is 0.273 e. The number of fused-ring (bicyclic) bond motifs is 1. The molecule has 5 rings (SSSR count). The average molecular weight is 512 g/mol. The predicted molar refractivity (Wildman–Crippen MR) is 145 cm³/mol. The summed E-state index contributed by atoms with van der Waals surface area (Å²) in [7, 11) is 0. The number of aromatic nitrogens is 1. The number of ether oxygens (including phenoxy) is 2. The molecule has 196 valence electrons. The summed E-state index contributed by atoms with van der Waals surface area (Å²) >= 11 is 0. The van der Waals surface area contributed by atoms with Crippen molar-refractivity contribution in [3.63, 3.8) is 0 Å². The highest BCUT2D eigenvalue weighted by atomic mass is 16.7. The minimum absolute atomic E-state index is 0.139. The molecule has 1 amide bonds. The number of amides is 1. The van der Waals surface area contributed by atoms with Crippen LogP contribution in [0.25, 0.3) is 0 Å². The molecule has 0 bridgehead atoms. The van der Waals surface area contributed by atoms with Crippen molar-refractivity contribution in [3.8, 4) is 11.5 Å². The number of carbonyl (C=O) groups is 1. The van der Waals surface area contributed by atoms with Gasteiger partial charge >= 0.3 is 0 Å². The van der Waals surface area contributed by atoms with Crippen LogP contribution in [0.5, 0.6) is 11.5 Å². The van der Waals surface area contributed by atoms with Crippen molar-refractivity contribution >= 4 is 5.91 Å². The molecule has 2 heterocycles. The van der Waals surface area contributed by atoms with Gasteiger partial charge in [-0.05, 0) is 47.2 Å². The zero-order chi connectivity index (χ0) is 26.5. The largest absolute Gasteiger partial charge is 0.454 e. The number of nitrogens with zero attached hydrogens (tertiary/aromatic N) is 2. The van der Waals surface area contributed by atoms with Crippen LogP contribution >= 0.6 is 0 Å². The van der Waals surface area contributed by atoms with Gasteiger partial charge in [0.05, 0.1) is 12.6 Å². The number of rotatable bonds is 10. The summed E-state index contributed by atoms with van der Waals surface area (Å²) in [5.41, 5.74) is 4.89. The van der Waals surface area contributed by atoms with Crippen molar-refractivity contribution in [2.75, 3.05) is 6.79 Å². The Morgan fingerprint density at radius 3 is 2.34 bits per heavy atom. The van der Waals surface area contributed by atoms with Crippen LogP contribution in [0.4, 0.5) is 0 Å². The normalized spacial score (nSPS) is 13.2. The Morgan fingerprint density at radius 2 is 1.58 bits per heavy atom. The molecule has 38 heavy (non-hydrogen) atoms. The topological polar surface area (TPSA) is 76.8 Å². The first-order valence-electron chi connectivity index (χ1n) is 12.9. The minimum atomic E-state index is -0.261. The standard InChI is InChI=1S/C31H33N3O4/c1-21(2)25-12-9-23(10-13-25)16-34(17-24-11-14-28-29(15-24)38-20-37-28)18-30-33-27(19-36-30)31(35)32-22(3)26-7-5-4-6-8-26/h4-15,19,21-22H,16-18,20H2,1-3H3,(H,32,35)/t22-/m1/s1. The van der Waals surface area contributed by atoms with E-state index in [1.807, 2.05) is 55.5 Å². The number of oxazole rings is 1. The SMILES string of the molecule is CC(C)c1ccc(CN(Cc2ccc3c(c2)OCO3)Cc2nc(C(=O)N[C@H](C)c3ccccc3)co2)cc1. The lowest BCUT2D eigenvalue weighted by atomic mass is 10.0. The Morgan fingerprint density at radius 1 is 0.868 bits per heavy atom. The van der Waals surface area contributed by atoms with E-state index in [-0.39, 0.29) is 24.4 Å². The summed E-state index contributed by atoms with van der Waals surface area (Å²) in [6.07, 6.45) is 1.43. The molecule has 7 nitrogen and oxygen atoms in total. The van der Waals surface area contributed by atoms with Crippen LogP contribution in [-0.2, 0) is 19.6 Å². The van der Waals surface area contributed by atoms with E-state index in [1.54, 1.807) is 0 Å². The fourth-order valence-corrected chi connectivity index (χ4v) is 4.51. The van der Waals surface area contributed by atoms with E-state index in [0.29, 0.717) is 31.4 Å². The van der Waals surface area contributed by atoms with Gasteiger partial charge < -0.3 is 19.2 Å². The molecule has 3 aromatic carbocycles. The van der Waals surface area contributed by atoms with Crippen molar-refractivity contribution in [1.29, 1.82) is 0 Å². The maximum absolute atomic E-state index is 12.8. The zero-order valence-electron chi connectivity index (χ0n) is 22.0. The third kappa shape index (κ3) is 6.23. The Balaban J connectivity index is 1.30. The molecular formula is C31H33N3O4. The van der Waals surface area contributed by atoms with E-state index >= 15 is 0 Å². The summed E-state index contributed by atoms with van der Waals surface area (Å²) in [5.74, 6) is 2.23. The van der Waals surface area contributed by atoms with Gasteiger partial charge in [0.15, 0.2) is 17.2 Å². The van der Waals surface area contributed by atoms with Crippen molar-refractivity contribution in [1.82, 2.24) is 15.2 Å². The van der Waals surface area contributed by atoms with Crippen LogP contribution < -0.4 is 14.8 Å². The Hall–Kier alpha value is -4.10. The van der Waals surface area contributed by atoms with Gasteiger partial charge in [0.25, 0.3) is 5.91 Å². The van der Waals surface area contributed by atoms with Crippen LogP contribution in [0, 0.1) is 0 Å². The molecule has 1 atom stereocenters. The van der Waals surface area contributed by atoms with Gasteiger partial charge in [-0.3, -0.25) is 9.69 Å². The molecule has 0 radical (unpaired) electrons. The summed E-state index contributed by atoms with van der Waals surface area (Å²) in [6.45, 7) is 8.37. The first-order valence-corrected chi connectivity index (χ1v) is 12.9. The van der Waals surface area contributed by atoms with E-state index in [4.69, 9.17) is 13.9 Å². The van der Waals surface area contributed by atoms with E-state index < -0.39 is 0 Å². The van der Waals surface area contributed by atoms with E-state index in [2.05, 4.69) is 53.3 Å². The second-order valence-electron chi connectivity index (χ2n) is 9.96. The molecule has 0 fully saturated rings. The van der Waals surface area contributed by atoms with Crippen molar-refractivity contribution < 1.29 is 18.7 Å². The van der Waals surface area contributed by atoms with Gasteiger partial charge in [-0.25, -0.2) is 4.98 Å². The molecule has 0 spiro atoms. The molecule has 1 aliphatic heterocycles. The Labute approximate surface area is 223 Å². The lowest BCUT2D eigenvalue weighted by Crippen LogP contribution is -2.27. The molecule has 1 aliphatic rings. The highest BCUT2D eigenvalue weighted by Gasteiger charge is 2.19. The van der Waals surface area contributed by atoms with Gasteiger partial charge in [-0.15, -0.1) is 0 Å². The smallest absolute Gasteiger partial charge is 0.273 e. The van der Waals surface area contributed by atoms with Crippen LogP contribution in [0.2, 0.25) is 0 Å². The number of benzene rings is 3. The lowest BCUT2D eigenvalue weighted by Gasteiger charge is -2.21. The molecule has 0 saturated carbocycles. The summed E-state index contributed by atoms with van der Waals surface area (Å²) < 4.78 is 16.8. The summed E-state index contributed by atoms with van der Waals surface area (Å²) in [5, 5.41) is 3.00. The van der Waals surface area contributed by atoms with Crippen LogP contribution in [0.3, 0.4) is 0 Å². The molecule has 0 saturated heterocycles. The Kier molecular flexibility index (Phi) is 7.75. The molecule has 0 unspecified atom stereocenters. The summed E-state index contributed by atoms with van der Waals surface area (Å²) in [6, 6.07) is 24.4. The number of hydrogen-bond acceptors (Lipinski definition) is 6.